The molecule has 4 heterocycles. The molecule has 7 nitrogen and oxygen atoms in total. The molecule has 128 valence electrons. The Morgan fingerprint density at radius 1 is 1.24 bits per heavy atom. The summed E-state index contributed by atoms with van der Waals surface area (Å²) in [6.45, 7) is 2.99. The fourth-order valence-electron chi connectivity index (χ4n) is 3.42. The minimum atomic E-state index is -0.333. The summed E-state index contributed by atoms with van der Waals surface area (Å²) in [5.41, 5.74) is 1.40. The van der Waals surface area contributed by atoms with Gasteiger partial charge in [-0.15, -0.1) is 10.2 Å². The molecule has 4 rings (SSSR count). The Morgan fingerprint density at radius 2 is 2.12 bits per heavy atom. The van der Waals surface area contributed by atoms with E-state index in [0.717, 1.165) is 30.0 Å². The zero-order valence-corrected chi connectivity index (χ0v) is 14.0. The standard InChI is InChI=1S/C18H19N5O2/c1-12-7-8-14(17(24)19-12)18(25)22-9-4-5-13(11-22)16-21-20-15-6-2-3-10-23(15)16/h2-3,6-8,10,13H,4-5,9,11H2,1H3,(H,19,24). The van der Waals surface area contributed by atoms with Gasteiger partial charge in [-0.25, -0.2) is 0 Å². The normalized spacial score (nSPS) is 17.8. The number of hydrogen-bond donors (Lipinski definition) is 1. The number of fused-ring (bicyclic) bond motifs is 1. The lowest BCUT2D eigenvalue weighted by molar-refractivity contribution is 0.0702. The van der Waals surface area contributed by atoms with Crippen LogP contribution in [0.5, 0.6) is 0 Å². The molecule has 0 bridgehead atoms. The van der Waals surface area contributed by atoms with Crippen molar-refractivity contribution in [2.45, 2.75) is 25.7 Å². The van der Waals surface area contributed by atoms with Gasteiger partial charge < -0.3 is 9.88 Å². The van der Waals surface area contributed by atoms with E-state index in [1.54, 1.807) is 24.0 Å². The van der Waals surface area contributed by atoms with Crippen LogP contribution in [0.3, 0.4) is 0 Å². The average Bonchev–Trinajstić information content (AvgIpc) is 3.05. The van der Waals surface area contributed by atoms with Gasteiger partial charge in [-0.05, 0) is 44.0 Å². The monoisotopic (exact) mass is 337 g/mol. The molecule has 3 aromatic rings. The summed E-state index contributed by atoms with van der Waals surface area (Å²) in [6.07, 6.45) is 3.77. The first-order chi connectivity index (χ1) is 12.1. The first-order valence-electron chi connectivity index (χ1n) is 8.42. The highest BCUT2D eigenvalue weighted by atomic mass is 16.2. The van der Waals surface area contributed by atoms with Crippen LogP contribution in [0.4, 0.5) is 0 Å². The Kier molecular flexibility index (Phi) is 3.83. The molecule has 1 fully saturated rings. The maximum atomic E-state index is 12.8. The van der Waals surface area contributed by atoms with Crippen molar-refractivity contribution < 1.29 is 4.79 Å². The molecule has 0 aliphatic carbocycles. The summed E-state index contributed by atoms with van der Waals surface area (Å²) < 4.78 is 1.97. The number of rotatable bonds is 2. The van der Waals surface area contributed by atoms with Gasteiger partial charge in [-0.3, -0.25) is 14.0 Å². The van der Waals surface area contributed by atoms with E-state index in [0.29, 0.717) is 13.1 Å². The Hall–Kier alpha value is -2.96. The number of hydrogen-bond acceptors (Lipinski definition) is 4. The molecule has 1 saturated heterocycles. The minimum Gasteiger partial charge on any atom is -0.338 e. The van der Waals surface area contributed by atoms with Crippen LogP contribution in [0.15, 0.2) is 41.3 Å². The molecule has 1 unspecified atom stereocenters. The third-order valence-corrected chi connectivity index (χ3v) is 4.70. The van der Waals surface area contributed by atoms with Gasteiger partial charge in [0.05, 0.1) is 0 Å². The number of pyridine rings is 2. The van der Waals surface area contributed by atoms with Crippen molar-refractivity contribution >= 4 is 11.6 Å². The van der Waals surface area contributed by atoms with Crippen molar-refractivity contribution in [2.24, 2.45) is 0 Å². The average molecular weight is 337 g/mol. The molecule has 7 heteroatoms. The Labute approximate surface area is 144 Å². The highest BCUT2D eigenvalue weighted by Gasteiger charge is 2.29. The van der Waals surface area contributed by atoms with Crippen molar-refractivity contribution in [3.63, 3.8) is 0 Å². The third-order valence-electron chi connectivity index (χ3n) is 4.70. The molecule has 1 N–H and O–H groups in total. The van der Waals surface area contributed by atoms with Crippen LogP contribution in [0, 0.1) is 6.92 Å². The predicted octanol–water partition coefficient (Wildman–Crippen LogP) is 1.75. The van der Waals surface area contributed by atoms with Crippen LogP contribution < -0.4 is 5.56 Å². The van der Waals surface area contributed by atoms with E-state index in [1.165, 1.54) is 0 Å². The van der Waals surface area contributed by atoms with E-state index in [1.807, 2.05) is 28.8 Å². The zero-order chi connectivity index (χ0) is 17.4. The van der Waals surface area contributed by atoms with Gasteiger partial charge in [0.15, 0.2) is 5.65 Å². The summed E-state index contributed by atoms with van der Waals surface area (Å²) in [7, 11) is 0. The zero-order valence-electron chi connectivity index (χ0n) is 14.0. The number of aryl methyl sites for hydroxylation is 1. The lowest BCUT2D eigenvalue weighted by Gasteiger charge is -2.31. The van der Waals surface area contributed by atoms with E-state index < -0.39 is 0 Å². The van der Waals surface area contributed by atoms with Crippen LogP contribution in [0.1, 0.15) is 40.6 Å². The summed E-state index contributed by atoms with van der Waals surface area (Å²) in [5, 5.41) is 8.52. The van der Waals surface area contributed by atoms with Gasteiger partial charge in [0, 0.05) is 30.9 Å². The van der Waals surface area contributed by atoms with Gasteiger partial charge in [-0.1, -0.05) is 6.07 Å². The Bertz CT molecular complexity index is 990. The molecule has 0 saturated carbocycles. The third kappa shape index (κ3) is 2.82. The summed E-state index contributed by atoms with van der Waals surface area (Å²) in [6, 6.07) is 9.13. The largest absolute Gasteiger partial charge is 0.338 e. The van der Waals surface area contributed by atoms with Crippen molar-refractivity contribution in [1.82, 2.24) is 24.5 Å². The maximum absolute atomic E-state index is 12.8. The molecule has 1 amide bonds. The molecular weight excluding hydrogens is 318 g/mol. The smallest absolute Gasteiger partial charge is 0.260 e. The van der Waals surface area contributed by atoms with Gasteiger partial charge in [0.1, 0.15) is 11.4 Å². The van der Waals surface area contributed by atoms with Crippen LogP contribution >= 0.6 is 0 Å². The highest BCUT2D eigenvalue weighted by Crippen LogP contribution is 2.26. The topological polar surface area (TPSA) is 83.4 Å². The molecule has 1 atom stereocenters. The number of nitrogens with zero attached hydrogens (tertiary/aromatic N) is 4. The number of carbonyl (C=O) groups excluding carboxylic acids is 1. The number of nitrogens with one attached hydrogen (secondary N) is 1. The lowest BCUT2D eigenvalue weighted by Crippen LogP contribution is -2.41. The number of carbonyl (C=O) groups is 1. The van der Waals surface area contributed by atoms with Gasteiger partial charge >= 0.3 is 0 Å². The number of piperidine rings is 1. The Morgan fingerprint density at radius 3 is 2.96 bits per heavy atom. The number of likely N-dealkylation sites (tertiary alicyclic amines) is 1. The van der Waals surface area contributed by atoms with E-state index in [4.69, 9.17) is 0 Å². The molecule has 25 heavy (non-hydrogen) atoms. The minimum absolute atomic E-state index is 0.111. The highest BCUT2D eigenvalue weighted by molar-refractivity contribution is 5.94. The molecule has 0 radical (unpaired) electrons. The molecular formula is C18H19N5O2. The second-order valence-electron chi connectivity index (χ2n) is 6.46. The predicted molar refractivity (Wildman–Crippen MR) is 92.7 cm³/mol. The van der Waals surface area contributed by atoms with Crippen LogP contribution in [-0.2, 0) is 0 Å². The van der Waals surface area contributed by atoms with Crippen molar-refractivity contribution in [3.05, 3.63) is 64.0 Å². The summed E-state index contributed by atoms with van der Waals surface area (Å²) >= 11 is 0. The van der Waals surface area contributed by atoms with Crippen LogP contribution in [0.25, 0.3) is 5.65 Å². The van der Waals surface area contributed by atoms with Gasteiger partial charge in [-0.2, -0.15) is 0 Å². The number of H-pyrrole nitrogens is 1. The maximum Gasteiger partial charge on any atom is 0.260 e. The number of amides is 1. The molecule has 1 aliphatic rings. The fraction of sp³-hybridized carbons (Fsp3) is 0.333. The first kappa shape index (κ1) is 15.6. The van der Waals surface area contributed by atoms with Crippen LogP contribution in [0.2, 0.25) is 0 Å². The first-order valence-corrected chi connectivity index (χ1v) is 8.42. The second kappa shape index (κ2) is 6.16. The SMILES string of the molecule is Cc1ccc(C(=O)N2CCCC(c3nnc4ccccn34)C2)c(=O)[nH]1. The van der Waals surface area contributed by atoms with Gasteiger partial charge in [0.25, 0.3) is 11.5 Å². The molecule has 1 aliphatic heterocycles. The summed E-state index contributed by atoms with van der Waals surface area (Å²) in [5.74, 6) is 0.755. The Balaban J connectivity index is 1.60. The van der Waals surface area contributed by atoms with E-state index in [9.17, 15) is 9.59 Å². The van der Waals surface area contributed by atoms with E-state index in [-0.39, 0.29) is 22.9 Å². The molecule has 0 spiro atoms. The quantitative estimate of drug-likeness (QED) is 0.772. The fourth-order valence-corrected chi connectivity index (χ4v) is 3.42. The number of aromatic nitrogens is 4. The van der Waals surface area contributed by atoms with Crippen molar-refractivity contribution in [3.8, 4) is 0 Å². The van der Waals surface area contributed by atoms with E-state index >= 15 is 0 Å². The number of aromatic amines is 1. The van der Waals surface area contributed by atoms with E-state index in [2.05, 4.69) is 15.2 Å². The van der Waals surface area contributed by atoms with Crippen molar-refractivity contribution in [2.75, 3.05) is 13.1 Å². The van der Waals surface area contributed by atoms with Gasteiger partial charge in [0.2, 0.25) is 0 Å². The molecule has 0 aromatic carbocycles. The van der Waals surface area contributed by atoms with Crippen molar-refractivity contribution in [1.29, 1.82) is 0 Å². The van der Waals surface area contributed by atoms with Crippen LogP contribution in [-0.4, -0.2) is 43.5 Å². The second-order valence-corrected chi connectivity index (χ2v) is 6.46. The lowest BCUT2D eigenvalue weighted by atomic mass is 9.96. The summed E-state index contributed by atoms with van der Waals surface area (Å²) in [4.78, 5) is 29.3. The molecule has 3 aromatic heterocycles.